The summed E-state index contributed by atoms with van der Waals surface area (Å²) in [5.41, 5.74) is 2.53. The lowest BCUT2D eigenvalue weighted by molar-refractivity contribution is -0.140. The molecule has 4 aliphatic carbocycles. The molecule has 4 bridgehead atoms. The Bertz CT molecular complexity index is 1050. The molecular weight excluding hydrogens is 432 g/mol. The van der Waals surface area contributed by atoms with E-state index in [1.165, 1.54) is 19.3 Å². The zero-order chi connectivity index (χ0) is 22.6. The van der Waals surface area contributed by atoms with Crippen molar-refractivity contribution in [3.05, 3.63) is 54.1 Å². The van der Waals surface area contributed by atoms with Crippen LogP contribution in [0.25, 0.3) is 0 Å². The first-order valence-electron chi connectivity index (χ1n) is 12.0. The summed E-state index contributed by atoms with van der Waals surface area (Å²) in [6.07, 6.45) is 7.21. The number of para-hydroxylation sites is 2. The molecule has 5 aliphatic rings. The van der Waals surface area contributed by atoms with Crippen LogP contribution in [0.4, 0.5) is 11.4 Å². The molecule has 2 aromatic rings. The lowest BCUT2D eigenvalue weighted by atomic mass is 9.49. The number of hydrogen-bond acceptors (Lipinski definition) is 4. The van der Waals surface area contributed by atoms with Gasteiger partial charge in [0.15, 0.2) is 0 Å². The number of amides is 2. The van der Waals surface area contributed by atoms with Crippen LogP contribution in [0, 0.1) is 23.2 Å². The molecule has 1 atom stereocenters. The molecule has 2 amide bonds. The molecule has 5 fully saturated rings. The SMILES string of the molecule is COc1ccccc1N1C(=O)CS[C@@H]1c1ccc(NC(=O)C23CC4CC(CC(C4)C2)C3)cc1. The van der Waals surface area contributed by atoms with Crippen molar-refractivity contribution in [3.63, 3.8) is 0 Å². The highest BCUT2D eigenvalue weighted by molar-refractivity contribution is 8.00. The monoisotopic (exact) mass is 462 g/mol. The largest absolute Gasteiger partial charge is 0.495 e. The number of carbonyl (C=O) groups excluding carboxylic acids is 2. The van der Waals surface area contributed by atoms with Gasteiger partial charge in [0.2, 0.25) is 11.8 Å². The highest BCUT2D eigenvalue weighted by Crippen LogP contribution is 2.60. The van der Waals surface area contributed by atoms with E-state index in [9.17, 15) is 9.59 Å². The Morgan fingerprint density at radius 2 is 1.64 bits per heavy atom. The van der Waals surface area contributed by atoms with E-state index in [2.05, 4.69) is 5.32 Å². The van der Waals surface area contributed by atoms with Gasteiger partial charge in [0.1, 0.15) is 11.1 Å². The second-order valence-corrected chi connectivity index (χ2v) is 11.4. The molecule has 0 radical (unpaired) electrons. The molecule has 7 rings (SSSR count). The third-order valence-corrected chi connectivity index (χ3v) is 9.40. The van der Waals surface area contributed by atoms with Crippen molar-refractivity contribution in [2.45, 2.75) is 43.9 Å². The number of carbonyl (C=O) groups is 2. The van der Waals surface area contributed by atoms with Crippen LogP contribution in [0.3, 0.4) is 0 Å². The lowest BCUT2D eigenvalue weighted by Gasteiger charge is -2.55. The van der Waals surface area contributed by atoms with Crippen LogP contribution in [-0.2, 0) is 9.59 Å². The van der Waals surface area contributed by atoms with Gasteiger partial charge in [-0.1, -0.05) is 24.3 Å². The van der Waals surface area contributed by atoms with Crippen LogP contribution < -0.4 is 15.0 Å². The second-order valence-electron chi connectivity index (χ2n) is 10.4. The zero-order valence-electron chi connectivity index (χ0n) is 19.0. The van der Waals surface area contributed by atoms with Gasteiger partial charge in [-0.05, 0) is 86.1 Å². The highest BCUT2D eigenvalue weighted by Gasteiger charge is 2.54. The molecule has 0 spiro atoms. The van der Waals surface area contributed by atoms with E-state index in [4.69, 9.17) is 4.74 Å². The number of nitrogens with zero attached hydrogens (tertiary/aromatic N) is 1. The fourth-order valence-corrected chi connectivity index (χ4v) is 8.31. The predicted molar refractivity (Wildman–Crippen MR) is 131 cm³/mol. The average Bonchev–Trinajstić information content (AvgIpc) is 3.19. The number of thioether (sulfide) groups is 1. The van der Waals surface area contributed by atoms with Crippen LogP contribution in [0.5, 0.6) is 5.75 Å². The highest BCUT2D eigenvalue weighted by atomic mass is 32.2. The molecule has 6 heteroatoms. The number of hydrogen-bond donors (Lipinski definition) is 1. The minimum Gasteiger partial charge on any atom is -0.495 e. The molecule has 1 saturated heterocycles. The normalized spacial score (nSPS) is 32.3. The van der Waals surface area contributed by atoms with Crippen molar-refractivity contribution in [2.24, 2.45) is 23.2 Å². The number of ether oxygens (including phenoxy) is 1. The first kappa shape index (κ1) is 21.1. The standard InChI is InChI=1S/C27H30N2O3S/c1-32-23-5-3-2-4-22(23)29-24(30)16-33-25(29)20-6-8-21(9-7-20)28-26(31)27-13-17-10-18(14-27)12-19(11-17)15-27/h2-9,17-19,25H,10-16H2,1H3,(H,28,31)/t17?,18?,19?,25-,27?/m1/s1. The summed E-state index contributed by atoms with van der Waals surface area (Å²) in [4.78, 5) is 27.9. The van der Waals surface area contributed by atoms with Crippen LogP contribution >= 0.6 is 11.8 Å². The fourth-order valence-electron chi connectivity index (χ4n) is 7.14. The van der Waals surface area contributed by atoms with Crippen molar-refractivity contribution >= 4 is 35.0 Å². The summed E-state index contributed by atoms with van der Waals surface area (Å²) in [6, 6.07) is 15.7. The maximum absolute atomic E-state index is 13.4. The van der Waals surface area contributed by atoms with Crippen LogP contribution in [0.1, 0.15) is 49.5 Å². The summed E-state index contributed by atoms with van der Waals surface area (Å²) in [7, 11) is 1.63. The van der Waals surface area contributed by atoms with Gasteiger partial charge in [0.25, 0.3) is 0 Å². The Morgan fingerprint density at radius 3 is 2.27 bits per heavy atom. The number of benzene rings is 2. The van der Waals surface area contributed by atoms with Gasteiger partial charge in [-0.15, -0.1) is 11.8 Å². The molecule has 5 nitrogen and oxygen atoms in total. The third-order valence-electron chi connectivity index (χ3n) is 8.19. The summed E-state index contributed by atoms with van der Waals surface area (Å²) in [5.74, 6) is 3.68. The molecule has 1 aliphatic heterocycles. The Balaban J connectivity index is 1.20. The fraction of sp³-hybridized carbons (Fsp3) is 0.481. The van der Waals surface area contributed by atoms with E-state index in [0.29, 0.717) is 11.5 Å². The van der Waals surface area contributed by atoms with Crippen molar-refractivity contribution in [1.82, 2.24) is 0 Å². The number of nitrogens with one attached hydrogen (secondary N) is 1. The molecule has 172 valence electrons. The van der Waals surface area contributed by atoms with Crippen molar-refractivity contribution < 1.29 is 14.3 Å². The van der Waals surface area contributed by atoms with Crippen LogP contribution in [-0.4, -0.2) is 24.7 Å². The van der Waals surface area contributed by atoms with E-state index in [-0.39, 0.29) is 22.6 Å². The number of methoxy groups -OCH3 is 1. The molecule has 4 saturated carbocycles. The predicted octanol–water partition coefficient (Wildman–Crippen LogP) is 5.63. The Morgan fingerprint density at radius 1 is 1.00 bits per heavy atom. The van der Waals surface area contributed by atoms with E-state index in [0.717, 1.165) is 54.0 Å². The van der Waals surface area contributed by atoms with E-state index in [1.807, 2.05) is 53.4 Å². The Hall–Kier alpha value is -2.47. The van der Waals surface area contributed by atoms with E-state index < -0.39 is 0 Å². The molecule has 0 unspecified atom stereocenters. The molecule has 2 aromatic carbocycles. The van der Waals surface area contributed by atoms with Crippen molar-refractivity contribution in [2.75, 3.05) is 23.1 Å². The molecule has 33 heavy (non-hydrogen) atoms. The van der Waals surface area contributed by atoms with Crippen LogP contribution in [0.2, 0.25) is 0 Å². The maximum atomic E-state index is 13.4. The van der Waals surface area contributed by atoms with Gasteiger partial charge >= 0.3 is 0 Å². The number of anilines is 2. The Kier molecular flexibility index (Phi) is 5.17. The molecule has 1 N–H and O–H groups in total. The first-order valence-corrected chi connectivity index (χ1v) is 13.1. The lowest BCUT2D eigenvalue weighted by Crippen LogP contribution is -2.51. The van der Waals surface area contributed by atoms with Gasteiger partial charge < -0.3 is 10.1 Å². The summed E-state index contributed by atoms with van der Waals surface area (Å²) in [5, 5.41) is 3.13. The maximum Gasteiger partial charge on any atom is 0.238 e. The smallest absolute Gasteiger partial charge is 0.238 e. The average molecular weight is 463 g/mol. The minimum absolute atomic E-state index is 0.0775. The summed E-state index contributed by atoms with van der Waals surface area (Å²) < 4.78 is 5.50. The Labute approximate surface area is 199 Å². The molecule has 0 aromatic heterocycles. The zero-order valence-corrected chi connectivity index (χ0v) is 19.8. The summed E-state index contributed by atoms with van der Waals surface area (Å²) >= 11 is 1.62. The third kappa shape index (κ3) is 3.63. The molecular formula is C27H30N2O3S. The van der Waals surface area contributed by atoms with Gasteiger partial charge in [-0.3, -0.25) is 14.5 Å². The first-order chi connectivity index (χ1) is 16.0. The quantitative estimate of drug-likeness (QED) is 0.626. The topological polar surface area (TPSA) is 58.6 Å². The minimum atomic E-state index is -0.151. The molecule has 1 heterocycles. The van der Waals surface area contributed by atoms with Gasteiger partial charge in [0, 0.05) is 5.69 Å². The van der Waals surface area contributed by atoms with Crippen molar-refractivity contribution in [3.8, 4) is 5.75 Å². The van der Waals surface area contributed by atoms with E-state index in [1.54, 1.807) is 18.9 Å². The summed E-state index contributed by atoms with van der Waals surface area (Å²) in [6.45, 7) is 0. The number of rotatable bonds is 5. The van der Waals surface area contributed by atoms with Crippen LogP contribution in [0.15, 0.2) is 48.5 Å². The van der Waals surface area contributed by atoms with Gasteiger partial charge in [-0.2, -0.15) is 0 Å². The van der Waals surface area contributed by atoms with E-state index >= 15 is 0 Å². The van der Waals surface area contributed by atoms with Gasteiger partial charge in [0.05, 0.1) is 24.0 Å². The van der Waals surface area contributed by atoms with Crippen molar-refractivity contribution in [1.29, 1.82) is 0 Å². The second kappa shape index (κ2) is 8.08. The van der Waals surface area contributed by atoms with Gasteiger partial charge in [-0.25, -0.2) is 0 Å².